The van der Waals surface area contributed by atoms with Gasteiger partial charge in [-0.3, -0.25) is 4.79 Å². The number of esters is 1. The Morgan fingerprint density at radius 3 is 3.11 bits per heavy atom. The molecule has 0 saturated heterocycles. The zero-order chi connectivity index (χ0) is 13.0. The third-order valence-corrected chi connectivity index (χ3v) is 2.84. The number of rotatable bonds is 5. The number of fused-ring (bicyclic) bond motifs is 1. The van der Waals surface area contributed by atoms with Gasteiger partial charge in [-0.1, -0.05) is 11.8 Å². The van der Waals surface area contributed by atoms with Crippen molar-refractivity contribution in [3.05, 3.63) is 6.33 Å². The molecule has 9 heteroatoms. The minimum atomic E-state index is -0.340. The molecule has 2 aromatic rings. The molecule has 5 N–H and O–H groups in total. The first-order valence-corrected chi connectivity index (χ1v) is 6.14. The molecule has 0 bridgehead atoms. The van der Waals surface area contributed by atoms with Gasteiger partial charge in [-0.15, -0.1) is 0 Å². The van der Waals surface area contributed by atoms with Crippen molar-refractivity contribution >= 4 is 34.8 Å². The van der Waals surface area contributed by atoms with E-state index in [1.54, 1.807) is 0 Å². The number of carbonyl (C=O) groups is 1. The average molecular weight is 268 g/mol. The maximum absolute atomic E-state index is 11.1. The van der Waals surface area contributed by atoms with Gasteiger partial charge in [0.1, 0.15) is 16.5 Å². The van der Waals surface area contributed by atoms with Crippen LogP contribution in [0.1, 0.15) is 6.42 Å². The SMILES string of the molecule is NCCC(=O)OCSc1nc(N)nc2nc[nH]c12. The largest absolute Gasteiger partial charge is 0.454 e. The van der Waals surface area contributed by atoms with Gasteiger partial charge in [0, 0.05) is 6.54 Å². The van der Waals surface area contributed by atoms with Crippen molar-refractivity contribution in [2.45, 2.75) is 11.4 Å². The number of ether oxygens (including phenoxy) is 1. The molecule has 8 nitrogen and oxygen atoms in total. The summed E-state index contributed by atoms with van der Waals surface area (Å²) in [5.74, 6) is -0.0677. The van der Waals surface area contributed by atoms with E-state index in [-0.39, 0.29) is 30.8 Å². The number of hydrogen-bond acceptors (Lipinski definition) is 8. The van der Waals surface area contributed by atoms with Crippen LogP contribution < -0.4 is 11.5 Å². The molecular weight excluding hydrogens is 256 g/mol. The first-order chi connectivity index (χ1) is 8.70. The van der Waals surface area contributed by atoms with E-state index in [4.69, 9.17) is 16.2 Å². The second-order valence-corrected chi connectivity index (χ2v) is 4.22. The first-order valence-electron chi connectivity index (χ1n) is 5.16. The van der Waals surface area contributed by atoms with Gasteiger partial charge in [0.15, 0.2) is 5.65 Å². The summed E-state index contributed by atoms with van der Waals surface area (Å²) < 4.78 is 4.96. The number of nitrogen functional groups attached to an aromatic ring is 1. The molecule has 0 saturated carbocycles. The van der Waals surface area contributed by atoms with Crippen molar-refractivity contribution < 1.29 is 9.53 Å². The van der Waals surface area contributed by atoms with Crippen LogP contribution in [0.2, 0.25) is 0 Å². The Kier molecular flexibility index (Phi) is 3.95. The van der Waals surface area contributed by atoms with Crippen LogP contribution >= 0.6 is 11.8 Å². The Hall–Kier alpha value is -1.87. The fourth-order valence-corrected chi connectivity index (χ4v) is 2.02. The summed E-state index contributed by atoms with van der Waals surface area (Å²) in [6.45, 7) is 0.273. The second kappa shape index (κ2) is 5.65. The molecular formula is C9H12N6O2S. The van der Waals surface area contributed by atoms with Crippen LogP contribution in [0.15, 0.2) is 11.4 Å². The highest BCUT2D eigenvalue weighted by atomic mass is 32.2. The van der Waals surface area contributed by atoms with E-state index in [1.807, 2.05) is 0 Å². The number of hydrogen-bond donors (Lipinski definition) is 3. The Bertz CT molecular complexity index is 557. The molecule has 0 atom stereocenters. The van der Waals surface area contributed by atoms with E-state index in [9.17, 15) is 4.79 Å². The molecule has 0 aliphatic carbocycles. The molecule has 2 heterocycles. The number of nitrogens with zero attached hydrogens (tertiary/aromatic N) is 3. The second-order valence-electron chi connectivity index (χ2n) is 3.31. The highest BCUT2D eigenvalue weighted by molar-refractivity contribution is 7.99. The summed E-state index contributed by atoms with van der Waals surface area (Å²) in [5.41, 5.74) is 11.9. The molecule has 96 valence electrons. The minimum absolute atomic E-state index is 0.130. The number of carbonyl (C=O) groups excluding carboxylic acids is 1. The Morgan fingerprint density at radius 1 is 1.50 bits per heavy atom. The summed E-state index contributed by atoms with van der Waals surface area (Å²) in [5, 5.41) is 0.593. The van der Waals surface area contributed by atoms with Crippen molar-refractivity contribution in [3.8, 4) is 0 Å². The number of anilines is 1. The molecule has 2 aromatic heterocycles. The van der Waals surface area contributed by atoms with Gasteiger partial charge >= 0.3 is 5.97 Å². The third kappa shape index (κ3) is 2.87. The third-order valence-electron chi connectivity index (χ3n) is 2.03. The number of imidazole rings is 1. The fourth-order valence-electron chi connectivity index (χ4n) is 1.27. The lowest BCUT2D eigenvalue weighted by atomic mass is 10.4. The summed E-state index contributed by atoms with van der Waals surface area (Å²) in [7, 11) is 0. The highest BCUT2D eigenvalue weighted by Crippen LogP contribution is 2.23. The van der Waals surface area contributed by atoms with Crippen LogP contribution in [0.4, 0.5) is 5.95 Å². The van der Waals surface area contributed by atoms with E-state index in [0.29, 0.717) is 16.2 Å². The van der Waals surface area contributed by atoms with Crippen molar-refractivity contribution in [2.75, 3.05) is 18.2 Å². The number of nitrogens with one attached hydrogen (secondary N) is 1. The van der Waals surface area contributed by atoms with E-state index < -0.39 is 0 Å². The van der Waals surface area contributed by atoms with Crippen molar-refractivity contribution in [2.24, 2.45) is 5.73 Å². The van der Waals surface area contributed by atoms with Crippen LogP contribution in [0.5, 0.6) is 0 Å². The van der Waals surface area contributed by atoms with Gasteiger partial charge in [-0.25, -0.2) is 9.97 Å². The van der Waals surface area contributed by atoms with E-state index >= 15 is 0 Å². The van der Waals surface area contributed by atoms with Gasteiger partial charge in [-0.05, 0) is 0 Å². The number of nitrogens with two attached hydrogens (primary N) is 2. The maximum atomic E-state index is 11.1. The smallest absolute Gasteiger partial charge is 0.307 e. The van der Waals surface area contributed by atoms with Crippen LogP contribution in [0.3, 0.4) is 0 Å². The lowest BCUT2D eigenvalue weighted by molar-refractivity contribution is -0.141. The van der Waals surface area contributed by atoms with Gasteiger partial charge in [0.05, 0.1) is 12.7 Å². The molecule has 0 radical (unpaired) electrons. The first kappa shape index (κ1) is 12.6. The quantitative estimate of drug-likeness (QED) is 0.296. The van der Waals surface area contributed by atoms with Crippen LogP contribution in [0, 0.1) is 0 Å². The van der Waals surface area contributed by atoms with Gasteiger partial charge in [0.2, 0.25) is 5.95 Å². The Labute approximate surface area is 107 Å². The Morgan fingerprint density at radius 2 is 2.33 bits per heavy atom. The van der Waals surface area contributed by atoms with Crippen molar-refractivity contribution in [3.63, 3.8) is 0 Å². The number of aromatic amines is 1. The summed E-state index contributed by atoms with van der Waals surface area (Å²) >= 11 is 1.24. The van der Waals surface area contributed by atoms with Crippen LogP contribution in [-0.4, -0.2) is 38.4 Å². The van der Waals surface area contributed by atoms with Crippen LogP contribution in [-0.2, 0) is 9.53 Å². The number of aromatic nitrogens is 4. The monoisotopic (exact) mass is 268 g/mol. The molecule has 0 aromatic carbocycles. The standard InChI is InChI=1S/C9H12N6O2S/c10-2-1-5(16)17-4-18-8-6-7(13-3-12-6)14-9(11)15-8/h3H,1-2,4,10H2,(H3,11,12,13,14,15). The van der Waals surface area contributed by atoms with Gasteiger partial charge in [-0.2, -0.15) is 4.98 Å². The van der Waals surface area contributed by atoms with Gasteiger partial charge in [0.25, 0.3) is 0 Å². The minimum Gasteiger partial charge on any atom is -0.454 e. The Balaban J connectivity index is 2.03. The zero-order valence-electron chi connectivity index (χ0n) is 9.42. The molecule has 2 rings (SSSR count). The normalized spacial score (nSPS) is 10.7. The molecule has 0 unspecified atom stereocenters. The predicted octanol–water partition coefficient (Wildman–Crippen LogP) is -0.123. The van der Waals surface area contributed by atoms with Crippen molar-refractivity contribution in [1.82, 2.24) is 19.9 Å². The number of thioether (sulfide) groups is 1. The average Bonchev–Trinajstić information content (AvgIpc) is 2.77. The van der Waals surface area contributed by atoms with E-state index in [1.165, 1.54) is 18.1 Å². The topological polar surface area (TPSA) is 133 Å². The molecule has 18 heavy (non-hydrogen) atoms. The lowest BCUT2D eigenvalue weighted by Crippen LogP contribution is -2.10. The molecule has 0 spiro atoms. The zero-order valence-corrected chi connectivity index (χ0v) is 10.2. The van der Waals surface area contributed by atoms with Gasteiger partial charge < -0.3 is 21.2 Å². The molecule has 0 aliphatic rings. The van der Waals surface area contributed by atoms with E-state index in [2.05, 4.69) is 19.9 Å². The van der Waals surface area contributed by atoms with Crippen LogP contribution in [0.25, 0.3) is 11.2 Å². The molecule has 0 amide bonds. The number of H-pyrrole nitrogens is 1. The maximum Gasteiger partial charge on any atom is 0.307 e. The van der Waals surface area contributed by atoms with E-state index in [0.717, 1.165) is 0 Å². The predicted molar refractivity (Wildman–Crippen MR) is 66.6 cm³/mol. The van der Waals surface area contributed by atoms with Crippen molar-refractivity contribution in [1.29, 1.82) is 0 Å². The lowest BCUT2D eigenvalue weighted by Gasteiger charge is -2.04. The summed E-state index contributed by atoms with van der Waals surface area (Å²) in [6, 6.07) is 0. The molecule has 0 fully saturated rings. The fraction of sp³-hybridized carbons (Fsp3) is 0.333. The molecule has 0 aliphatic heterocycles. The highest BCUT2D eigenvalue weighted by Gasteiger charge is 2.10. The summed E-state index contributed by atoms with van der Waals surface area (Å²) in [6.07, 6.45) is 1.70. The summed E-state index contributed by atoms with van der Waals surface area (Å²) in [4.78, 5) is 26.0.